The molecule has 0 aromatic carbocycles. The fourth-order valence-corrected chi connectivity index (χ4v) is 4.25. The van der Waals surface area contributed by atoms with Gasteiger partial charge in [-0.1, -0.05) is 26.2 Å². The highest BCUT2D eigenvalue weighted by molar-refractivity contribution is 5.00. The third-order valence-corrected chi connectivity index (χ3v) is 5.65. The second-order valence-corrected chi connectivity index (χ2v) is 7.40. The summed E-state index contributed by atoms with van der Waals surface area (Å²) >= 11 is 0. The van der Waals surface area contributed by atoms with Crippen LogP contribution in [0, 0.1) is 5.41 Å². The molecular formula is C17H31NO. The van der Waals surface area contributed by atoms with Gasteiger partial charge in [-0.05, 0) is 63.3 Å². The summed E-state index contributed by atoms with van der Waals surface area (Å²) < 4.78 is 6.54. The lowest BCUT2D eigenvalue weighted by molar-refractivity contribution is -0.0710. The fourth-order valence-electron chi connectivity index (χ4n) is 4.25. The quantitative estimate of drug-likeness (QED) is 0.732. The summed E-state index contributed by atoms with van der Waals surface area (Å²) in [5, 5.41) is 3.63. The van der Waals surface area contributed by atoms with Gasteiger partial charge in [0.05, 0.1) is 11.7 Å². The van der Waals surface area contributed by atoms with E-state index in [-0.39, 0.29) is 0 Å². The van der Waals surface area contributed by atoms with Crippen LogP contribution in [0.2, 0.25) is 0 Å². The number of rotatable bonds is 6. The molecule has 110 valence electrons. The highest BCUT2D eigenvalue weighted by Crippen LogP contribution is 2.52. The minimum absolute atomic E-state index is 0.315. The zero-order valence-corrected chi connectivity index (χ0v) is 12.7. The van der Waals surface area contributed by atoms with Crippen molar-refractivity contribution in [1.29, 1.82) is 0 Å². The predicted octanol–water partition coefficient (Wildman–Crippen LogP) is 4.04. The van der Waals surface area contributed by atoms with Crippen molar-refractivity contribution in [3.8, 4) is 0 Å². The molecule has 1 atom stereocenters. The van der Waals surface area contributed by atoms with E-state index in [0.717, 1.165) is 0 Å². The molecule has 1 heterocycles. The van der Waals surface area contributed by atoms with E-state index in [4.69, 9.17) is 4.74 Å². The first kappa shape index (κ1) is 13.9. The van der Waals surface area contributed by atoms with E-state index in [1.807, 2.05) is 0 Å². The molecule has 1 N–H and O–H groups in total. The van der Waals surface area contributed by atoms with Crippen LogP contribution in [0.25, 0.3) is 0 Å². The zero-order chi connectivity index (χ0) is 13.2. The fraction of sp³-hybridized carbons (Fsp3) is 1.00. The Hall–Kier alpha value is -0.0800. The summed E-state index contributed by atoms with van der Waals surface area (Å²) in [6.07, 6.45) is 15.6. The van der Waals surface area contributed by atoms with Gasteiger partial charge in [0.25, 0.3) is 0 Å². The van der Waals surface area contributed by atoms with Crippen molar-refractivity contribution in [2.24, 2.45) is 5.41 Å². The van der Waals surface area contributed by atoms with Gasteiger partial charge in [-0.3, -0.25) is 0 Å². The van der Waals surface area contributed by atoms with E-state index in [1.54, 1.807) is 0 Å². The van der Waals surface area contributed by atoms with E-state index in [9.17, 15) is 0 Å². The first-order chi connectivity index (χ1) is 9.26. The third kappa shape index (κ3) is 3.33. The number of hydrogen-bond acceptors (Lipinski definition) is 2. The Balaban J connectivity index is 1.46. The molecule has 1 spiro atoms. The van der Waals surface area contributed by atoms with E-state index in [0.29, 0.717) is 17.1 Å². The highest BCUT2D eigenvalue weighted by atomic mass is 16.5. The second-order valence-electron chi connectivity index (χ2n) is 7.40. The normalized spacial score (nSPS) is 31.7. The van der Waals surface area contributed by atoms with Gasteiger partial charge in [-0.25, -0.2) is 0 Å². The summed E-state index contributed by atoms with van der Waals surface area (Å²) in [4.78, 5) is 0. The lowest BCUT2D eigenvalue weighted by atomic mass is 9.83. The van der Waals surface area contributed by atoms with Gasteiger partial charge in [-0.2, -0.15) is 0 Å². The van der Waals surface area contributed by atoms with Crippen LogP contribution in [-0.2, 0) is 4.74 Å². The van der Waals surface area contributed by atoms with Crippen molar-refractivity contribution in [3.05, 3.63) is 0 Å². The van der Waals surface area contributed by atoms with Crippen molar-refractivity contribution in [2.75, 3.05) is 13.1 Å². The molecule has 2 nitrogen and oxygen atoms in total. The molecule has 1 aliphatic heterocycles. The minimum atomic E-state index is 0.315. The Morgan fingerprint density at radius 2 is 1.84 bits per heavy atom. The van der Waals surface area contributed by atoms with Gasteiger partial charge in [-0.15, -0.1) is 0 Å². The third-order valence-electron chi connectivity index (χ3n) is 5.65. The molecule has 3 rings (SSSR count). The van der Waals surface area contributed by atoms with Crippen LogP contribution in [0.15, 0.2) is 0 Å². The van der Waals surface area contributed by atoms with Crippen molar-refractivity contribution < 1.29 is 4.74 Å². The van der Waals surface area contributed by atoms with Gasteiger partial charge >= 0.3 is 0 Å². The van der Waals surface area contributed by atoms with E-state index >= 15 is 0 Å². The predicted molar refractivity (Wildman–Crippen MR) is 79.4 cm³/mol. The molecule has 1 saturated heterocycles. The molecule has 3 fully saturated rings. The Kier molecular flexibility index (Phi) is 4.19. The number of ether oxygens (including phenoxy) is 1. The molecular weight excluding hydrogens is 234 g/mol. The van der Waals surface area contributed by atoms with Gasteiger partial charge < -0.3 is 10.1 Å². The molecule has 0 aromatic heterocycles. The van der Waals surface area contributed by atoms with Crippen LogP contribution >= 0.6 is 0 Å². The molecule has 0 radical (unpaired) electrons. The molecule has 3 aliphatic rings. The SMILES string of the molecule is CCCNCC1(CC2CCC3(CCCCC3)O2)CC1. The van der Waals surface area contributed by atoms with Crippen molar-refractivity contribution >= 4 is 0 Å². The van der Waals surface area contributed by atoms with Crippen LogP contribution in [0.1, 0.15) is 77.6 Å². The Labute approximate surface area is 118 Å². The van der Waals surface area contributed by atoms with E-state index < -0.39 is 0 Å². The van der Waals surface area contributed by atoms with Crippen LogP contribution in [0.5, 0.6) is 0 Å². The smallest absolute Gasteiger partial charge is 0.0687 e. The summed E-state index contributed by atoms with van der Waals surface area (Å²) in [7, 11) is 0. The molecule has 2 saturated carbocycles. The minimum Gasteiger partial charge on any atom is -0.372 e. The monoisotopic (exact) mass is 265 g/mol. The lowest BCUT2D eigenvalue weighted by Gasteiger charge is -2.34. The zero-order valence-electron chi connectivity index (χ0n) is 12.7. The molecule has 1 unspecified atom stereocenters. The van der Waals surface area contributed by atoms with Crippen LogP contribution in [-0.4, -0.2) is 24.8 Å². The lowest BCUT2D eigenvalue weighted by Crippen LogP contribution is -2.33. The van der Waals surface area contributed by atoms with Crippen molar-refractivity contribution in [2.45, 2.75) is 89.3 Å². The van der Waals surface area contributed by atoms with Gasteiger partial charge in [0, 0.05) is 6.54 Å². The van der Waals surface area contributed by atoms with E-state index in [1.165, 1.54) is 83.7 Å². The molecule has 19 heavy (non-hydrogen) atoms. The first-order valence-electron chi connectivity index (χ1n) is 8.65. The first-order valence-corrected chi connectivity index (χ1v) is 8.65. The Morgan fingerprint density at radius 3 is 2.53 bits per heavy atom. The average Bonchev–Trinajstić information content (AvgIpc) is 3.08. The summed E-state index contributed by atoms with van der Waals surface area (Å²) in [6.45, 7) is 4.66. The molecule has 0 amide bonds. The van der Waals surface area contributed by atoms with Gasteiger partial charge in [0.15, 0.2) is 0 Å². The largest absolute Gasteiger partial charge is 0.372 e. The standard InChI is InChI=1S/C17H31NO/c1-2-12-18-14-16(10-11-16)13-15-6-9-17(19-15)7-4-3-5-8-17/h15,18H,2-14H2,1H3. The summed E-state index contributed by atoms with van der Waals surface area (Å²) in [5.41, 5.74) is 0.926. The maximum Gasteiger partial charge on any atom is 0.0687 e. The molecule has 0 aromatic rings. The molecule has 2 aliphatic carbocycles. The van der Waals surface area contributed by atoms with Crippen molar-refractivity contribution in [3.63, 3.8) is 0 Å². The maximum absolute atomic E-state index is 6.54. The molecule has 0 bridgehead atoms. The van der Waals surface area contributed by atoms with Crippen LogP contribution in [0.4, 0.5) is 0 Å². The van der Waals surface area contributed by atoms with Crippen LogP contribution in [0.3, 0.4) is 0 Å². The van der Waals surface area contributed by atoms with Gasteiger partial charge in [0.2, 0.25) is 0 Å². The van der Waals surface area contributed by atoms with Crippen LogP contribution < -0.4 is 5.32 Å². The summed E-state index contributed by atoms with van der Waals surface area (Å²) in [6, 6.07) is 0. The maximum atomic E-state index is 6.54. The highest BCUT2D eigenvalue weighted by Gasteiger charge is 2.48. The molecule has 2 heteroatoms. The van der Waals surface area contributed by atoms with E-state index in [2.05, 4.69) is 12.2 Å². The second kappa shape index (κ2) is 5.73. The number of nitrogens with one attached hydrogen (secondary N) is 1. The van der Waals surface area contributed by atoms with Crippen molar-refractivity contribution in [1.82, 2.24) is 5.32 Å². The Bertz CT molecular complexity index is 292. The van der Waals surface area contributed by atoms with Gasteiger partial charge in [0.1, 0.15) is 0 Å². The average molecular weight is 265 g/mol. The Morgan fingerprint density at radius 1 is 1.05 bits per heavy atom. The topological polar surface area (TPSA) is 21.3 Å². The number of hydrogen-bond donors (Lipinski definition) is 1. The summed E-state index contributed by atoms with van der Waals surface area (Å²) in [5.74, 6) is 0.